The highest BCUT2D eigenvalue weighted by Gasteiger charge is 2.41. The number of carboxylic acids is 1. The molecule has 3 heterocycles. The van der Waals surface area contributed by atoms with Crippen LogP contribution in [-0.2, 0) is 35.2 Å². The standard InChI is InChI=1S/C32H44N6O7/c1-17(2)14-23-30(43)37-27(18(3)4)32(45)38-13-7-10-25(38)31(44)34-22(11-12-26(39)40)28(41)36-24(29(42)35-23)15-19-16-33-21-9-6-5-8-20(19)21/h5-6,8-9,16-18,22-25,27,33H,7,10-15H2,1-4H3,(H,34,44)(H,35,42)(H,36,41)(H,37,43)(H,39,40)/t22-,23+,24-,25+,27-/m0/s1. The number of nitrogens with zero attached hydrogens (tertiary/aromatic N) is 1. The number of carboxylic acid groups (broad SMARTS) is 1. The summed E-state index contributed by atoms with van der Waals surface area (Å²) >= 11 is 0. The second-order valence-electron chi connectivity index (χ2n) is 12.7. The van der Waals surface area contributed by atoms with Gasteiger partial charge in [-0.25, -0.2) is 0 Å². The minimum Gasteiger partial charge on any atom is -0.481 e. The summed E-state index contributed by atoms with van der Waals surface area (Å²) in [5.41, 5.74) is 1.58. The van der Waals surface area contributed by atoms with Crippen LogP contribution in [-0.4, -0.2) is 87.2 Å². The van der Waals surface area contributed by atoms with Gasteiger partial charge in [0, 0.05) is 36.5 Å². The van der Waals surface area contributed by atoms with Crippen LogP contribution in [0.25, 0.3) is 10.9 Å². The van der Waals surface area contributed by atoms with Gasteiger partial charge in [0.05, 0.1) is 0 Å². The van der Waals surface area contributed by atoms with E-state index >= 15 is 0 Å². The van der Waals surface area contributed by atoms with Crippen molar-refractivity contribution in [2.45, 2.75) is 96.4 Å². The predicted octanol–water partition coefficient (Wildman–Crippen LogP) is 1.22. The minimum atomic E-state index is -1.28. The second-order valence-corrected chi connectivity index (χ2v) is 12.7. The quantitative estimate of drug-likeness (QED) is 0.254. The van der Waals surface area contributed by atoms with Gasteiger partial charge in [0.2, 0.25) is 29.5 Å². The van der Waals surface area contributed by atoms with E-state index in [9.17, 15) is 33.9 Å². The maximum absolute atomic E-state index is 13.9. The monoisotopic (exact) mass is 624 g/mol. The topological polar surface area (TPSA) is 190 Å². The van der Waals surface area contributed by atoms with Crippen molar-refractivity contribution < 1.29 is 33.9 Å². The van der Waals surface area contributed by atoms with E-state index in [0.29, 0.717) is 19.4 Å². The number of hydrogen-bond acceptors (Lipinski definition) is 6. The SMILES string of the molecule is CC(C)C[C@H]1NC(=O)[C@H](Cc2c[nH]c3ccccc23)NC(=O)[C@H](CCC(=O)O)NC(=O)[C@H]2CCCN2C(=O)[C@H](C(C)C)NC1=O. The molecule has 2 aromatic rings. The number of aromatic amines is 1. The predicted molar refractivity (Wildman–Crippen MR) is 166 cm³/mol. The lowest BCUT2D eigenvalue weighted by atomic mass is 9.98. The van der Waals surface area contributed by atoms with E-state index in [0.717, 1.165) is 16.5 Å². The van der Waals surface area contributed by atoms with Gasteiger partial charge in [-0.15, -0.1) is 0 Å². The molecule has 0 radical (unpaired) electrons. The number of amides is 5. The van der Waals surface area contributed by atoms with Crippen LogP contribution < -0.4 is 21.3 Å². The molecule has 244 valence electrons. The molecule has 0 aliphatic carbocycles. The number of benzene rings is 1. The van der Waals surface area contributed by atoms with Gasteiger partial charge >= 0.3 is 5.97 Å². The van der Waals surface area contributed by atoms with E-state index in [1.54, 1.807) is 20.0 Å². The van der Waals surface area contributed by atoms with Gasteiger partial charge in [-0.1, -0.05) is 45.9 Å². The fraction of sp³-hybridized carbons (Fsp3) is 0.562. The highest BCUT2D eigenvalue weighted by atomic mass is 16.4. The summed E-state index contributed by atoms with van der Waals surface area (Å²) in [5, 5.41) is 21.3. The van der Waals surface area contributed by atoms with Gasteiger partial charge in [0.15, 0.2) is 0 Å². The second kappa shape index (κ2) is 14.6. The zero-order chi connectivity index (χ0) is 32.8. The lowest BCUT2D eigenvalue weighted by molar-refractivity contribution is -0.143. The van der Waals surface area contributed by atoms with Crippen LogP contribution in [0.2, 0.25) is 0 Å². The Hall–Kier alpha value is -4.42. The lowest BCUT2D eigenvalue weighted by Crippen LogP contribution is -2.59. The number of aliphatic carboxylic acids is 1. The lowest BCUT2D eigenvalue weighted by Gasteiger charge is -2.32. The summed E-state index contributed by atoms with van der Waals surface area (Å²) in [7, 11) is 0. The van der Waals surface area contributed by atoms with Crippen molar-refractivity contribution in [1.82, 2.24) is 31.2 Å². The molecule has 1 aromatic carbocycles. The number of rotatable bonds is 8. The fourth-order valence-corrected chi connectivity index (χ4v) is 6.03. The fourth-order valence-electron chi connectivity index (χ4n) is 6.03. The maximum Gasteiger partial charge on any atom is 0.303 e. The molecule has 2 fully saturated rings. The molecule has 2 aliphatic heterocycles. The third-order valence-corrected chi connectivity index (χ3v) is 8.42. The minimum absolute atomic E-state index is 0.00294. The molecular formula is C32H44N6O7. The summed E-state index contributed by atoms with van der Waals surface area (Å²) in [6.07, 6.45) is 2.35. The van der Waals surface area contributed by atoms with Crippen LogP contribution in [0.3, 0.4) is 0 Å². The summed E-state index contributed by atoms with van der Waals surface area (Å²) in [6.45, 7) is 7.69. The van der Waals surface area contributed by atoms with Gasteiger partial charge in [0.1, 0.15) is 30.2 Å². The largest absolute Gasteiger partial charge is 0.481 e. The van der Waals surface area contributed by atoms with Crippen LogP contribution in [0.5, 0.6) is 0 Å². The zero-order valence-corrected chi connectivity index (χ0v) is 26.2. The highest BCUT2D eigenvalue weighted by Crippen LogP contribution is 2.22. The molecule has 1 aromatic heterocycles. The molecule has 5 amide bonds. The van der Waals surface area contributed by atoms with Gasteiger partial charge in [-0.05, 0) is 49.1 Å². The molecule has 0 bridgehead atoms. The number of aromatic nitrogens is 1. The van der Waals surface area contributed by atoms with Crippen LogP contribution in [0.1, 0.15) is 65.4 Å². The van der Waals surface area contributed by atoms with Crippen LogP contribution in [0, 0.1) is 11.8 Å². The van der Waals surface area contributed by atoms with E-state index in [4.69, 9.17) is 0 Å². The summed E-state index contributed by atoms with van der Waals surface area (Å²) in [5.74, 6) is -4.38. The Bertz CT molecular complexity index is 1440. The molecular weight excluding hydrogens is 580 g/mol. The van der Waals surface area contributed by atoms with Crippen molar-refractivity contribution in [2.75, 3.05) is 6.54 Å². The van der Waals surface area contributed by atoms with Crippen molar-refractivity contribution in [1.29, 1.82) is 0 Å². The Morgan fingerprint density at radius 2 is 1.53 bits per heavy atom. The van der Waals surface area contributed by atoms with Crippen molar-refractivity contribution in [3.8, 4) is 0 Å². The van der Waals surface area contributed by atoms with Gasteiger partial charge in [-0.2, -0.15) is 0 Å². The Morgan fingerprint density at radius 1 is 0.889 bits per heavy atom. The van der Waals surface area contributed by atoms with E-state index in [-0.39, 0.29) is 31.1 Å². The summed E-state index contributed by atoms with van der Waals surface area (Å²) in [6, 6.07) is 2.20. The number of hydrogen-bond donors (Lipinski definition) is 6. The van der Waals surface area contributed by atoms with Crippen LogP contribution in [0.4, 0.5) is 0 Å². The maximum atomic E-state index is 13.9. The van der Waals surface area contributed by atoms with Crippen molar-refractivity contribution in [3.63, 3.8) is 0 Å². The number of fused-ring (bicyclic) bond motifs is 2. The van der Waals surface area contributed by atoms with Gasteiger partial charge in [0.25, 0.3) is 0 Å². The molecule has 0 spiro atoms. The molecule has 13 nitrogen and oxygen atoms in total. The Balaban J connectivity index is 1.75. The third kappa shape index (κ3) is 8.20. The summed E-state index contributed by atoms with van der Waals surface area (Å²) < 4.78 is 0. The van der Waals surface area contributed by atoms with Crippen molar-refractivity contribution >= 4 is 46.4 Å². The molecule has 13 heteroatoms. The third-order valence-electron chi connectivity index (χ3n) is 8.42. The van der Waals surface area contributed by atoms with E-state index in [1.165, 1.54) is 4.90 Å². The average molecular weight is 625 g/mol. The molecule has 4 rings (SSSR count). The first-order valence-electron chi connectivity index (χ1n) is 15.6. The van der Waals surface area contributed by atoms with Crippen LogP contribution >= 0.6 is 0 Å². The van der Waals surface area contributed by atoms with Gasteiger partial charge in [-0.3, -0.25) is 28.8 Å². The first-order chi connectivity index (χ1) is 21.3. The Morgan fingerprint density at radius 3 is 2.22 bits per heavy atom. The number of para-hydroxylation sites is 1. The summed E-state index contributed by atoms with van der Waals surface area (Å²) in [4.78, 5) is 84.6. The Labute approximate surface area is 262 Å². The van der Waals surface area contributed by atoms with E-state index in [1.807, 2.05) is 38.1 Å². The normalized spacial score (nSPS) is 25.3. The highest BCUT2D eigenvalue weighted by molar-refractivity contribution is 5.98. The molecule has 6 N–H and O–H groups in total. The molecule has 5 atom stereocenters. The number of nitrogens with one attached hydrogen (secondary N) is 5. The molecule has 45 heavy (non-hydrogen) atoms. The van der Waals surface area contributed by atoms with Crippen LogP contribution in [0.15, 0.2) is 30.5 Å². The number of carbonyl (C=O) groups is 6. The molecule has 0 unspecified atom stereocenters. The Kier molecular flexibility index (Phi) is 10.8. The number of carbonyl (C=O) groups excluding carboxylic acids is 5. The zero-order valence-electron chi connectivity index (χ0n) is 26.2. The first kappa shape index (κ1) is 33.5. The molecule has 0 saturated carbocycles. The van der Waals surface area contributed by atoms with E-state index < -0.39 is 72.1 Å². The smallest absolute Gasteiger partial charge is 0.303 e. The average Bonchev–Trinajstić information content (AvgIpc) is 3.63. The van der Waals surface area contributed by atoms with Crippen molar-refractivity contribution in [3.05, 3.63) is 36.0 Å². The van der Waals surface area contributed by atoms with Gasteiger partial charge < -0.3 is 36.3 Å². The first-order valence-corrected chi connectivity index (χ1v) is 15.6. The van der Waals surface area contributed by atoms with E-state index in [2.05, 4.69) is 26.3 Å². The molecule has 2 aliphatic rings. The number of H-pyrrole nitrogens is 1. The molecule has 2 saturated heterocycles. The van der Waals surface area contributed by atoms with Crippen molar-refractivity contribution in [2.24, 2.45) is 11.8 Å².